The van der Waals surface area contributed by atoms with Crippen LogP contribution in [0.25, 0.3) is 0 Å². The first kappa shape index (κ1) is 21.9. The second kappa shape index (κ2) is 9.36. The lowest BCUT2D eigenvalue weighted by atomic mass is 9.95. The highest BCUT2D eigenvalue weighted by Crippen LogP contribution is 2.20. The zero-order chi connectivity index (χ0) is 21.7. The molecule has 7 nitrogen and oxygen atoms in total. The summed E-state index contributed by atoms with van der Waals surface area (Å²) in [5, 5.41) is 0. The molecule has 0 saturated carbocycles. The molecule has 9 heteroatoms. The average Bonchev–Trinajstić information content (AvgIpc) is 2.73. The number of benzene rings is 2. The van der Waals surface area contributed by atoms with E-state index >= 15 is 0 Å². The number of hydrogen-bond donors (Lipinski definition) is 2. The average molecular weight is 434 g/mol. The van der Waals surface area contributed by atoms with Crippen molar-refractivity contribution >= 4 is 21.8 Å². The maximum Gasteiger partial charge on any atom is 0.244 e. The van der Waals surface area contributed by atoms with Crippen LogP contribution in [0.15, 0.2) is 59.5 Å². The number of hydrogen-bond acceptors (Lipinski definition) is 4. The predicted molar refractivity (Wildman–Crippen MR) is 109 cm³/mol. The van der Waals surface area contributed by atoms with Crippen molar-refractivity contribution in [2.75, 3.05) is 13.1 Å². The molecule has 3 rings (SSSR count). The molecule has 1 saturated heterocycles. The largest absolute Gasteiger partial charge is 0.369 e. The number of nitrogens with two attached hydrogens (primary N) is 1. The Balaban J connectivity index is 1.83. The minimum atomic E-state index is -4.26. The number of piperidine rings is 1. The molecule has 0 aromatic heterocycles. The van der Waals surface area contributed by atoms with Crippen LogP contribution in [-0.2, 0) is 26.0 Å². The molecule has 2 amide bonds. The van der Waals surface area contributed by atoms with Gasteiger partial charge in [0.05, 0.1) is 0 Å². The molecule has 1 unspecified atom stereocenters. The van der Waals surface area contributed by atoms with Crippen molar-refractivity contribution in [2.24, 2.45) is 11.7 Å². The molecule has 3 N–H and O–H groups in total. The Labute approximate surface area is 175 Å². The van der Waals surface area contributed by atoms with Crippen LogP contribution in [0, 0.1) is 11.7 Å². The molecule has 30 heavy (non-hydrogen) atoms. The number of rotatable bonds is 7. The first-order valence-corrected chi connectivity index (χ1v) is 11.1. The van der Waals surface area contributed by atoms with Gasteiger partial charge in [0.2, 0.25) is 21.8 Å². The van der Waals surface area contributed by atoms with E-state index in [-0.39, 0.29) is 12.3 Å². The van der Waals surface area contributed by atoms with Crippen molar-refractivity contribution in [1.82, 2.24) is 9.62 Å². The summed E-state index contributed by atoms with van der Waals surface area (Å²) in [7, 11) is -4.26. The molecule has 0 spiro atoms. The van der Waals surface area contributed by atoms with E-state index in [0.717, 1.165) is 17.7 Å². The van der Waals surface area contributed by atoms with E-state index in [2.05, 4.69) is 4.72 Å². The van der Waals surface area contributed by atoms with Gasteiger partial charge in [-0.1, -0.05) is 42.5 Å². The van der Waals surface area contributed by atoms with E-state index in [0.29, 0.717) is 25.9 Å². The molecule has 0 bridgehead atoms. The monoisotopic (exact) mass is 433 g/mol. The van der Waals surface area contributed by atoms with Crippen LogP contribution < -0.4 is 10.5 Å². The second-order valence-corrected chi connectivity index (χ2v) is 8.98. The van der Waals surface area contributed by atoms with Crippen molar-refractivity contribution < 1.29 is 22.4 Å². The lowest BCUT2D eigenvalue weighted by molar-refractivity contribution is -0.136. The lowest BCUT2D eigenvalue weighted by Crippen LogP contribution is -2.52. The van der Waals surface area contributed by atoms with Gasteiger partial charge in [-0.05, 0) is 37.0 Å². The predicted octanol–water partition coefficient (Wildman–Crippen LogP) is 1.44. The third kappa shape index (κ3) is 5.22. The molecular weight excluding hydrogens is 409 g/mol. The number of sulfonamides is 1. The third-order valence-electron chi connectivity index (χ3n) is 5.21. The van der Waals surface area contributed by atoms with Gasteiger partial charge in [0, 0.05) is 19.0 Å². The van der Waals surface area contributed by atoms with E-state index in [1.165, 1.54) is 17.0 Å². The number of carbonyl (C=O) groups excluding carboxylic acids is 2. The number of carbonyl (C=O) groups is 2. The molecule has 2 aromatic rings. The van der Waals surface area contributed by atoms with Gasteiger partial charge >= 0.3 is 0 Å². The minimum Gasteiger partial charge on any atom is -0.369 e. The Morgan fingerprint density at radius 3 is 2.27 bits per heavy atom. The van der Waals surface area contributed by atoms with E-state index < -0.39 is 38.6 Å². The van der Waals surface area contributed by atoms with Crippen LogP contribution in [0.4, 0.5) is 4.39 Å². The number of primary amides is 1. The smallest absolute Gasteiger partial charge is 0.244 e. The lowest BCUT2D eigenvalue weighted by Gasteiger charge is -2.33. The number of nitrogens with zero attached hydrogens (tertiary/aromatic N) is 1. The topological polar surface area (TPSA) is 110 Å². The fraction of sp³-hybridized carbons (Fsp3) is 0.333. The Morgan fingerprint density at radius 1 is 1.07 bits per heavy atom. The van der Waals surface area contributed by atoms with E-state index in [4.69, 9.17) is 5.73 Å². The first-order valence-electron chi connectivity index (χ1n) is 9.67. The summed E-state index contributed by atoms with van der Waals surface area (Å²) in [6.45, 7) is 0.609. The molecule has 2 aromatic carbocycles. The molecule has 1 fully saturated rings. The molecule has 160 valence electrons. The highest BCUT2D eigenvalue weighted by Gasteiger charge is 2.33. The zero-order valence-electron chi connectivity index (χ0n) is 16.3. The minimum absolute atomic E-state index is 0.114. The molecule has 1 aliphatic rings. The Morgan fingerprint density at radius 2 is 1.67 bits per heavy atom. The highest BCUT2D eigenvalue weighted by atomic mass is 32.2. The van der Waals surface area contributed by atoms with Gasteiger partial charge in [-0.3, -0.25) is 9.59 Å². The van der Waals surface area contributed by atoms with Crippen LogP contribution in [0.2, 0.25) is 0 Å². The molecule has 0 aliphatic carbocycles. The van der Waals surface area contributed by atoms with E-state index in [1.54, 1.807) is 24.3 Å². The van der Waals surface area contributed by atoms with Crippen LogP contribution in [0.1, 0.15) is 18.4 Å². The summed E-state index contributed by atoms with van der Waals surface area (Å²) in [6, 6.07) is 12.9. The van der Waals surface area contributed by atoms with Gasteiger partial charge in [0.25, 0.3) is 0 Å². The van der Waals surface area contributed by atoms with Crippen molar-refractivity contribution in [2.45, 2.75) is 30.2 Å². The number of halogens is 1. The maximum absolute atomic E-state index is 14.1. The van der Waals surface area contributed by atoms with Crippen molar-refractivity contribution in [3.63, 3.8) is 0 Å². The molecular formula is C21H24FN3O4S. The number of nitrogens with one attached hydrogen (secondary N) is 1. The normalized spacial score (nSPS) is 16.2. The summed E-state index contributed by atoms with van der Waals surface area (Å²) in [5.41, 5.74) is 6.11. The quantitative estimate of drug-likeness (QED) is 0.688. The molecule has 1 atom stereocenters. The van der Waals surface area contributed by atoms with Gasteiger partial charge in [-0.15, -0.1) is 0 Å². The summed E-state index contributed by atoms with van der Waals surface area (Å²) >= 11 is 0. The summed E-state index contributed by atoms with van der Waals surface area (Å²) in [6.07, 6.45) is 0.974. The van der Waals surface area contributed by atoms with Crippen molar-refractivity contribution in [1.29, 1.82) is 0 Å². The molecule has 1 aliphatic heterocycles. The zero-order valence-corrected chi connectivity index (χ0v) is 17.1. The molecule has 0 radical (unpaired) electrons. The maximum atomic E-state index is 14.1. The Bertz CT molecular complexity index is 1010. The second-order valence-electron chi connectivity index (χ2n) is 7.30. The molecule has 1 heterocycles. The highest BCUT2D eigenvalue weighted by molar-refractivity contribution is 7.89. The fourth-order valence-electron chi connectivity index (χ4n) is 3.55. The fourth-order valence-corrected chi connectivity index (χ4v) is 4.82. The Hall–Kier alpha value is -2.78. The van der Waals surface area contributed by atoms with E-state index in [9.17, 15) is 22.4 Å². The van der Waals surface area contributed by atoms with Crippen LogP contribution in [0.3, 0.4) is 0 Å². The summed E-state index contributed by atoms with van der Waals surface area (Å²) in [5.74, 6) is -2.00. The van der Waals surface area contributed by atoms with Gasteiger partial charge in [-0.25, -0.2) is 12.8 Å². The Kier molecular flexibility index (Phi) is 6.84. The van der Waals surface area contributed by atoms with Crippen molar-refractivity contribution in [3.05, 3.63) is 66.0 Å². The first-order chi connectivity index (χ1) is 14.3. The van der Waals surface area contributed by atoms with E-state index in [1.807, 2.05) is 6.07 Å². The van der Waals surface area contributed by atoms with Crippen molar-refractivity contribution in [3.8, 4) is 0 Å². The van der Waals surface area contributed by atoms with Crippen LogP contribution >= 0.6 is 0 Å². The summed E-state index contributed by atoms with van der Waals surface area (Å²) < 4.78 is 42.1. The van der Waals surface area contributed by atoms with Gasteiger partial charge in [0.15, 0.2) is 0 Å². The van der Waals surface area contributed by atoms with Crippen LogP contribution in [-0.4, -0.2) is 44.3 Å². The standard InChI is InChI=1S/C21H24FN3O4S/c22-17-8-4-5-9-19(17)30(28,29)24-18(14-15-6-2-1-3-7-15)21(27)25-12-10-16(11-13-25)20(23)26/h1-9,16,18,24H,10-14H2,(H2,23,26). The SMILES string of the molecule is NC(=O)C1CCN(C(=O)C(Cc2ccccc2)NS(=O)(=O)c2ccccc2F)CC1. The van der Waals surface area contributed by atoms with Crippen LogP contribution in [0.5, 0.6) is 0 Å². The van der Waals surface area contributed by atoms with Gasteiger partial charge in [-0.2, -0.15) is 4.72 Å². The van der Waals surface area contributed by atoms with Gasteiger partial charge in [0.1, 0.15) is 16.8 Å². The number of likely N-dealkylation sites (tertiary alicyclic amines) is 1. The van der Waals surface area contributed by atoms with Gasteiger partial charge < -0.3 is 10.6 Å². The number of amides is 2. The summed E-state index contributed by atoms with van der Waals surface area (Å²) in [4.78, 5) is 25.6. The third-order valence-corrected chi connectivity index (χ3v) is 6.72.